The number of carbonyl (C=O) groups excluding carboxylic acids is 1. The van der Waals surface area contributed by atoms with E-state index in [0.29, 0.717) is 5.76 Å². The number of rotatable bonds is 4. The molecule has 0 aliphatic carbocycles. The highest BCUT2D eigenvalue weighted by Crippen LogP contribution is 2.26. The summed E-state index contributed by atoms with van der Waals surface area (Å²) in [6.45, 7) is 2.22. The molecule has 0 spiro atoms. The molecule has 3 aromatic rings. The number of aryl methyl sites for hydroxylation is 1. The molecule has 2 heterocycles. The van der Waals surface area contributed by atoms with Crippen molar-refractivity contribution in [2.45, 2.75) is 13.5 Å². The fourth-order valence-corrected chi connectivity index (χ4v) is 2.70. The fraction of sp³-hybridized carbons (Fsp3) is 0.158. The van der Waals surface area contributed by atoms with Crippen molar-refractivity contribution in [1.29, 1.82) is 5.26 Å². The van der Waals surface area contributed by atoms with Gasteiger partial charge in [0.2, 0.25) is 0 Å². The number of nitrogens with zero attached hydrogens (tertiary/aromatic N) is 2. The molecule has 0 saturated carbocycles. The molecule has 1 N–H and O–H groups in total. The number of fused-ring (bicyclic) bond motifs is 1. The van der Waals surface area contributed by atoms with Gasteiger partial charge in [0.1, 0.15) is 17.4 Å². The largest absolute Gasteiger partial charge is 0.467 e. The Bertz CT molecular complexity index is 957. The van der Waals surface area contributed by atoms with Crippen LogP contribution in [-0.2, 0) is 18.4 Å². The van der Waals surface area contributed by atoms with Crippen LogP contribution in [0.25, 0.3) is 17.0 Å². The fourth-order valence-electron chi connectivity index (χ4n) is 2.70. The van der Waals surface area contributed by atoms with E-state index >= 15 is 0 Å². The summed E-state index contributed by atoms with van der Waals surface area (Å²) in [6.07, 6.45) is 3.19. The number of aromatic nitrogens is 1. The Balaban J connectivity index is 1.92. The third kappa shape index (κ3) is 2.82. The highest BCUT2D eigenvalue weighted by Gasteiger charge is 2.14. The minimum absolute atomic E-state index is 0.0704. The Labute approximate surface area is 139 Å². The van der Waals surface area contributed by atoms with Crippen molar-refractivity contribution in [3.8, 4) is 6.07 Å². The Kier molecular flexibility index (Phi) is 4.21. The zero-order valence-corrected chi connectivity index (χ0v) is 13.5. The molecule has 120 valence electrons. The molecule has 24 heavy (non-hydrogen) atoms. The van der Waals surface area contributed by atoms with E-state index in [0.717, 1.165) is 22.2 Å². The van der Waals surface area contributed by atoms with Gasteiger partial charge in [0, 0.05) is 29.2 Å². The van der Waals surface area contributed by atoms with Crippen molar-refractivity contribution in [2.24, 2.45) is 7.05 Å². The van der Waals surface area contributed by atoms with Gasteiger partial charge in [-0.25, -0.2) is 0 Å². The molecule has 0 aliphatic heterocycles. The highest BCUT2D eigenvalue weighted by molar-refractivity contribution is 6.04. The summed E-state index contributed by atoms with van der Waals surface area (Å²) in [5, 5.41) is 13.1. The molecule has 0 bridgehead atoms. The Morgan fingerprint density at radius 1 is 1.33 bits per heavy atom. The first-order valence-corrected chi connectivity index (χ1v) is 7.58. The number of benzene rings is 1. The Hall–Kier alpha value is -3.26. The summed E-state index contributed by atoms with van der Waals surface area (Å²) in [7, 11) is 1.97. The summed E-state index contributed by atoms with van der Waals surface area (Å²) < 4.78 is 7.23. The molecule has 5 heteroatoms. The summed E-state index contributed by atoms with van der Waals surface area (Å²) in [6, 6.07) is 13.4. The summed E-state index contributed by atoms with van der Waals surface area (Å²) in [5.41, 5.74) is 3.02. The second kappa shape index (κ2) is 6.47. The third-order valence-electron chi connectivity index (χ3n) is 4.11. The maximum Gasteiger partial charge on any atom is 0.262 e. The van der Waals surface area contributed by atoms with E-state index < -0.39 is 5.91 Å². The smallest absolute Gasteiger partial charge is 0.262 e. The van der Waals surface area contributed by atoms with Crippen LogP contribution < -0.4 is 5.32 Å². The Morgan fingerprint density at radius 2 is 2.12 bits per heavy atom. The van der Waals surface area contributed by atoms with Crippen LogP contribution in [-0.4, -0.2) is 10.5 Å². The molecular weight excluding hydrogens is 302 g/mol. The maximum absolute atomic E-state index is 12.3. The number of hydrogen-bond acceptors (Lipinski definition) is 3. The molecule has 0 fully saturated rings. The quantitative estimate of drug-likeness (QED) is 0.592. The van der Waals surface area contributed by atoms with E-state index in [1.807, 2.05) is 44.3 Å². The van der Waals surface area contributed by atoms with E-state index in [1.54, 1.807) is 24.5 Å². The van der Waals surface area contributed by atoms with Crippen molar-refractivity contribution in [3.05, 3.63) is 65.3 Å². The number of para-hydroxylation sites is 1. The van der Waals surface area contributed by atoms with Crippen LogP contribution in [0.15, 0.2) is 52.7 Å². The number of nitrogens with one attached hydrogen (secondary N) is 1. The van der Waals surface area contributed by atoms with Gasteiger partial charge in [0.05, 0.1) is 12.8 Å². The van der Waals surface area contributed by atoms with Gasteiger partial charge < -0.3 is 14.3 Å². The van der Waals surface area contributed by atoms with Gasteiger partial charge in [-0.05, 0) is 31.2 Å². The highest BCUT2D eigenvalue weighted by atomic mass is 16.3. The van der Waals surface area contributed by atoms with E-state index in [4.69, 9.17) is 4.42 Å². The molecule has 3 rings (SSSR count). The molecule has 0 aliphatic rings. The number of nitriles is 1. The summed E-state index contributed by atoms with van der Waals surface area (Å²) in [4.78, 5) is 12.3. The average Bonchev–Trinajstić information content (AvgIpc) is 3.20. The van der Waals surface area contributed by atoms with Crippen LogP contribution in [0.2, 0.25) is 0 Å². The van der Waals surface area contributed by atoms with Gasteiger partial charge in [0.25, 0.3) is 5.91 Å². The van der Waals surface area contributed by atoms with Crippen LogP contribution in [0.3, 0.4) is 0 Å². The molecule has 2 aromatic heterocycles. The van der Waals surface area contributed by atoms with Crippen LogP contribution in [0, 0.1) is 18.3 Å². The molecule has 1 amide bonds. The molecule has 5 nitrogen and oxygen atoms in total. The standard InChI is InChI=1S/C19H17N3O2/c1-13-17(16-7-3-4-8-18(16)22(13)2)10-14(11-20)19(23)21-12-15-6-5-9-24-15/h3-10H,12H2,1-2H3,(H,21,23)/b14-10+. The predicted molar refractivity (Wildman–Crippen MR) is 91.8 cm³/mol. The third-order valence-corrected chi connectivity index (χ3v) is 4.11. The molecule has 0 unspecified atom stereocenters. The zero-order chi connectivity index (χ0) is 17.1. The van der Waals surface area contributed by atoms with Gasteiger partial charge in [-0.3, -0.25) is 4.79 Å². The van der Waals surface area contributed by atoms with Gasteiger partial charge in [0.15, 0.2) is 0 Å². The zero-order valence-electron chi connectivity index (χ0n) is 13.5. The maximum atomic E-state index is 12.3. The lowest BCUT2D eigenvalue weighted by atomic mass is 10.1. The van der Waals surface area contributed by atoms with Crippen LogP contribution in [0.5, 0.6) is 0 Å². The summed E-state index contributed by atoms with van der Waals surface area (Å²) in [5.74, 6) is 0.225. The minimum Gasteiger partial charge on any atom is -0.467 e. The monoisotopic (exact) mass is 319 g/mol. The molecule has 0 radical (unpaired) electrons. The van der Waals surface area contributed by atoms with Crippen molar-refractivity contribution in [3.63, 3.8) is 0 Å². The van der Waals surface area contributed by atoms with Crippen LogP contribution in [0.4, 0.5) is 0 Å². The lowest BCUT2D eigenvalue weighted by molar-refractivity contribution is -0.117. The first-order valence-electron chi connectivity index (χ1n) is 7.58. The van der Waals surface area contributed by atoms with Crippen molar-refractivity contribution in [1.82, 2.24) is 9.88 Å². The number of carbonyl (C=O) groups is 1. The second-order valence-electron chi connectivity index (χ2n) is 5.51. The summed E-state index contributed by atoms with van der Waals surface area (Å²) >= 11 is 0. The molecule has 0 saturated heterocycles. The molecule has 0 atom stereocenters. The van der Waals surface area contributed by atoms with E-state index in [-0.39, 0.29) is 12.1 Å². The van der Waals surface area contributed by atoms with Gasteiger partial charge in [-0.15, -0.1) is 0 Å². The second-order valence-corrected chi connectivity index (χ2v) is 5.51. The average molecular weight is 319 g/mol. The van der Waals surface area contributed by atoms with Crippen LogP contribution >= 0.6 is 0 Å². The first-order chi connectivity index (χ1) is 11.6. The number of amides is 1. The predicted octanol–water partition coefficient (Wildman–Crippen LogP) is 3.30. The van der Waals surface area contributed by atoms with Crippen molar-refractivity contribution >= 4 is 22.9 Å². The molecular formula is C19H17N3O2. The van der Waals surface area contributed by atoms with Gasteiger partial charge in [-0.1, -0.05) is 18.2 Å². The van der Waals surface area contributed by atoms with Crippen molar-refractivity contribution in [2.75, 3.05) is 0 Å². The van der Waals surface area contributed by atoms with Gasteiger partial charge in [-0.2, -0.15) is 5.26 Å². The number of furan rings is 1. The van der Waals surface area contributed by atoms with Crippen LogP contribution in [0.1, 0.15) is 17.0 Å². The van der Waals surface area contributed by atoms with E-state index in [1.165, 1.54) is 0 Å². The normalized spacial score (nSPS) is 11.5. The molecule has 1 aromatic carbocycles. The van der Waals surface area contributed by atoms with Crippen molar-refractivity contribution < 1.29 is 9.21 Å². The first kappa shape index (κ1) is 15.6. The lowest BCUT2D eigenvalue weighted by Gasteiger charge is -2.02. The minimum atomic E-state index is -0.416. The lowest BCUT2D eigenvalue weighted by Crippen LogP contribution is -2.23. The van der Waals surface area contributed by atoms with Gasteiger partial charge >= 0.3 is 0 Å². The van der Waals surface area contributed by atoms with E-state index in [9.17, 15) is 10.1 Å². The van der Waals surface area contributed by atoms with E-state index in [2.05, 4.69) is 9.88 Å². The SMILES string of the molecule is Cc1c(/C=C(\C#N)C(=O)NCc2ccco2)c2ccccc2n1C. The Morgan fingerprint density at radius 3 is 2.83 bits per heavy atom. The number of hydrogen-bond donors (Lipinski definition) is 1. The topological polar surface area (TPSA) is 71.0 Å².